The lowest BCUT2D eigenvalue weighted by Gasteiger charge is -2.04. The van der Waals surface area contributed by atoms with Gasteiger partial charge >= 0.3 is 0 Å². The first-order chi connectivity index (χ1) is 4.20. The zero-order valence-electron chi connectivity index (χ0n) is 5.46. The van der Waals surface area contributed by atoms with Gasteiger partial charge < -0.3 is 4.90 Å². The summed E-state index contributed by atoms with van der Waals surface area (Å²) in [6.45, 7) is 0. The summed E-state index contributed by atoms with van der Waals surface area (Å²) in [4.78, 5) is 6.22. The largest absolute Gasteiger partial charge is 0.354 e. The van der Waals surface area contributed by atoms with E-state index in [9.17, 15) is 0 Å². The van der Waals surface area contributed by atoms with Crippen LogP contribution < -0.4 is 10.3 Å². The van der Waals surface area contributed by atoms with Crippen LogP contribution in [-0.2, 0) is 0 Å². The van der Waals surface area contributed by atoms with Gasteiger partial charge in [0.2, 0.25) is 0 Å². The van der Waals surface area contributed by atoms with Crippen LogP contribution in [0.3, 0.4) is 0 Å². The van der Waals surface area contributed by atoms with E-state index < -0.39 is 0 Å². The molecule has 1 aromatic heterocycles. The molecule has 1 atom stereocenters. The third-order valence-corrected chi connectivity index (χ3v) is 2.46. The lowest BCUT2D eigenvalue weighted by Crippen LogP contribution is -2.08. The van der Waals surface area contributed by atoms with E-state index >= 15 is 0 Å². The van der Waals surface area contributed by atoms with Crippen LogP contribution in [0.1, 0.15) is 0 Å². The van der Waals surface area contributed by atoms with Gasteiger partial charge in [-0.1, -0.05) is 9.24 Å². The van der Waals surface area contributed by atoms with E-state index in [-0.39, 0.29) is 0 Å². The summed E-state index contributed by atoms with van der Waals surface area (Å²) in [6, 6.07) is 0. The molecule has 0 aliphatic carbocycles. The van der Waals surface area contributed by atoms with Crippen LogP contribution in [-0.4, -0.2) is 19.1 Å². The van der Waals surface area contributed by atoms with E-state index in [1.807, 2.05) is 24.4 Å². The second-order valence-electron chi connectivity index (χ2n) is 1.95. The lowest BCUT2D eigenvalue weighted by molar-refractivity contribution is 1.11. The van der Waals surface area contributed by atoms with Crippen molar-refractivity contribution in [3.05, 3.63) is 5.38 Å². The van der Waals surface area contributed by atoms with Crippen molar-refractivity contribution in [1.82, 2.24) is 4.98 Å². The van der Waals surface area contributed by atoms with Crippen molar-refractivity contribution < 1.29 is 0 Å². The maximum absolute atomic E-state index is 4.22. The normalized spacial score (nSPS) is 9.67. The van der Waals surface area contributed by atoms with Crippen molar-refractivity contribution in [1.29, 1.82) is 0 Å². The third-order valence-electron chi connectivity index (χ3n) is 0.892. The fraction of sp³-hybridized carbons (Fsp3) is 0.400. The van der Waals surface area contributed by atoms with E-state index in [2.05, 4.69) is 14.2 Å². The average Bonchev–Trinajstić information content (AvgIpc) is 2.14. The van der Waals surface area contributed by atoms with Gasteiger partial charge in [0, 0.05) is 19.5 Å². The van der Waals surface area contributed by atoms with Gasteiger partial charge in [-0.2, -0.15) is 0 Å². The van der Waals surface area contributed by atoms with Gasteiger partial charge in [0.15, 0.2) is 5.13 Å². The molecule has 0 fully saturated rings. The van der Waals surface area contributed by atoms with Crippen LogP contribution in [0.2, 0.25) is 0 Å². The number of thiazole rings is 1. The van der Waals surface area contributed by atoms with E-state index in [4.69, 9.17) is 0 Å². The molecule has 0 saturated heterocycles. The lowest BCUT2D eigenvalue weighted by atomic mass is 10.9. The fourth-order valence-electron chi connectivity index (χ4n) is 0.482. The van der Waals surface area contributed by atoms with Crippen LogP contribution in [0.15, 0.2) is 5.38 Å². The molecular weight excluding hydrogens is 151 g/mol. The number of hydrogen-bond acceptors (Lipinski definition) is 3. The Balaban J connectivity index is 2.85. The Morgan fingerprint density at radius 3 is 2.56 bits per heavy atom. The molecule has 0 N–H and O–H groups in total. The van der Waals surface area contributed by atoms with Crippen molar-refractivity contribution >= 4 is 31.1 Å². The second kappa shape index (κ2) is 2.63. The zero-order valence-corrected chi connectivity index (χ0v) is 7.43. The summed E-state index contributed by atoms with van der Waals surface area (Å²) in [7, 11) is 6.55. The topological polar surface area (TPSA) is 16.1 Å². The quantitative estimate of drug-likeness (QED) is 0.562. The van der Waals surface area contributed by atoms with Gasteiger partial charge in [-0.25, -0.2) is 4.98 Å². The van der Waals surface area contributed by atoms with Gasteiger partial charge in [0.05, 0.1) is 5.44 Å². The summed E-state index contributed by atoms with van der Waals surface area (Å²) in [5.74, 6) is 0. The minimum Gasteiger partial charge on any atom is -0.354 e. The molecule has 1 heterocycles. The van der Waals surface area contributed by atoms with Crippen LogP contribution >= 0.6 is 20.6 Å². The highest BCUT2D eigenvalue weighted by Gasteiger charge is 1.97. The first kappa shape index (κ1) is 6.97. The smallest absolute Gasteiger partial charge is 0.185 e. The molecule has 0 saturated carbocycles. The average molecular weight is 160 g/mol. The number of nitrogens with zero attached hydrogens (tertiary/aromatic N) is 2. The molecule has 2 nitrogen and oxygen atoms in total. The molecule has 0 aliphatic heterocycles. The molecule has 0 aliphatic rings. The molecule has 50 valence electrons. The van der Waals surface area contributed by atoms with Crippen molar-refractivity contribution in [3.8, 4) is 0 Å². The van der Waals surface area contributed by atoms with Crippen LogP contribution in [0, 0.1) is 0 Å². The SMILES string of the molecule is CN(C)c1nc(P)cs1. The zero-order chi connectivity index (χ0) is 6.85. The summed E-state index contributed by atoms with van der Waals surface area (Å²) in [5.41, 5.74) is 1.02. The number of hydrogen-bond donors (Lipinski definition) is 0. The van der Waals surface area contributed by atoms with Crippen LogP contribution in [0.25, 0.3) is 0 Å². The summed E-state index contributed by atoms with van der Waals surface area (Å²) in [6.07, 6.45) is 0. The molecule has 0 bridgehead atoms. The van der Waals surface area contributed by atoms with Gasteiger partial charge in [0.25, 0.3) is 0 Å². The van der Waals surface area contributed by atoms with E-state index in [1.165, 1.54) is 0 Å². The van der Waals surface area contributed by atoms with Crippen LogP contribution in [0.5, 0.6) is 0 Å². The maximum Gasteiger partial charge on any atom is 0.185 e. The van der Waals surface area contributed by atoms with Crippen LogP contribution in [0.4, 0.5) is 5.13 Å². The molecule has 0 amide bonds. The first-order valence-corrected chi connectivity index (χ1v) is 4.04. The Hall–Kier alpha value is -0.140. The molecule has 0 aromatic carbocycles. The fourth-order valence-corrected chi connectivity index (χ4v) is 1.55. The Labute approximate surface area is 61.1 Å². The van der Waals surface area contributed by atoms with Gasteiger partial charge in [-0.15, -0.1) is 11.3 Å². The van der Waals surface area contributed by atoms with E-state index in [1.54, 1.807) is 11.3 Å². The van der Waals surface area contributed by atoms with Crippen molar-refractivity contribution in [2.24, 2.45) is 0 Å². The highest BCUT2D eigenvalue weighted by molar-refractivity contribution is 7.29. The van der Waals surface area contributed by atoms with Crippen molar-refractivity contribution in [2.75, 3.05) is 19.0 Å². The minimum atomic E-state index is 1.02. The van der Waals surface area contributed by atoms with Gasteiger partial charge in [0.1, 0.15) is 0 Å². The monoisotopic (exact) mass is 160 g/mol. The molecular formula is C5H9N2PS. The second-order valence-corrected chi connectivity index (χ2v) is 3.38. The summed E-state index contributed by atoms with van der Waals surface area (Å²) >= 11 is 1.65. The van der Waals surface area contributed by atoms with Gasteiger partial charge in [-0.05, 0) is 0 Å². The number of aromatic nitrogens is 1. The maximum atomic E-state index is 4.22. The van der Waals surface area contributed by atoms with Crippen molar-refractivity contribution in [2.45, 2.75) is 0 Å². The molecule has 1 unspecified atom stereocenters. The Morgan fingerprint density at radius 2 is 2.33 bits per heavy atom. The molecule has 9 heavy (non-hydrogen) atoms. The molecule has 0 spiro atoms. The molecule has 1 aromatic rings. The standard InChI is InChI=1S/C5H9N2PS/c1-7(2)5-6-4(8)3-9-5/h3H,8H2,1-2H3. The van der Waals surface area contributed by atoms with Crippen molar-refractivity contribution in [3.63, 3.8) is 0 Å². The minimum absolute atomic E-state index is 1.02. The molecule has 4 heteroatoms. The summed E-state index contributed by atoms with van der Waals surface area (Å²) in [5, 5.41) is 3.07. The first-order valence-electron chi connectivity index (χ1n) is 2.58. The van der Waals surface area contributed by atoms with E-state index in [0.717, 1.165) is 10.6 Å². The number of rotatable bonds is 1. The Morgan fingerprint density at radius 1 is 1.67 bits per heavy atom. The van der Waals surface area contributed by atoms with Gasteiger partial charge in [-0.3, -0.25) is 0 Å². The van der Waals surface area contributed by atoms with E-state index in [0.29, 0.717) is 0 Å². The molecule has 1 rings (SSSR count). The Kier molecular flexibility index (Phi) is 2.04. The summed E-state index contributed by atoms with van der Waals surface area (Å²) < 4.78 is 0. The number of anilines is 1. The molecule has 0 radical (unpaired) electrons. The highest BCUT2D eigenvalue weighted by Crippen LogP contribution is 2.13. The third kappa shape index (κ3) is 1.63. The predicted octanol–water partition coefficient (Wildman–Crippen LogP) is 0.709. The highest BCUT2D eigenvalue weighted by atomic mass is 32.1. The predicted molar refractivity (Wildman–Crippen MR) is 45.8 cm³/mol. The Bertz CT molecular complexity index is 197.